The molecular formula is C20H21N7O. The van der Waals surface area contributed by atoms with Crippen LogP contribution in [0.4, 0.5) is 11.6 Å². The van der Waals surface area contributed by atoms with Crippen LogP contribution in [0.5, 0.6) is 5.75 Å². The second-order valence-electron chi connectivity index (χ2n) is 6.50. The van der Waals surface area contributed by atoms with Crippen LogP contribution < -0.4 is 10.1 Å². The summed E-state index contributed by atoms with van der Waals surface area (Å²) in [6.07, 6.45) is 5.49. The van der Waals surface area contributed by atoms with Crippen LogP contribution in [0, 0.1) is 13.8 Å². The Balaban J connectivity index is 1.65. The minimum atomic E-state index is 0.608. The summed E-state index contributed by atoms with van der Waals surface area (Å²) in [5.41, 5.74) is 4.54. The van der Waals surface area contributed by atoms with Gasteiger partial charge in [-0.05, 0) is 44.2 Å². The van der Waals surface area contributed by atoms with E-state index >= 15 is 0 Å². The molecule has 4 rings (SSSR count). The lowest BCUT2D eigenvalue weighted by Crippen LogP contribution is -2.00. The monoisotopic (exact) mass is 375 g/mol. The molecule has 0 spiro atoms. The molecule has 0 bridgehead atoms. The lowest BCUT2D eigenvalue weighted by Gasteiger charge is -2.10. The van der Waals surface area contributed by atoms with E-state index in [4.69, 9.17) is 4.74 Å². The van der Waals surface area contributed by atoms with Crippen molar-refractivity contribution in [3.8, 4) is 22.8 Å². The molecule has 4 aromatic rings. The van der Waals surface area contributed by atoms with Gasteiger partial charge in [-0.1, -0.05) is 0 Å². The molecular weight excluding hydrogens is 354 g/mol. The van der Waals surface area contributed by atoms with E-state index in [0.29, 0.717) is 11.8 Å². The Morgan fingerprint density at radius 1 is 1.04 bits per heavy atom. The second-order valence-corrected chi connectivity index (χ2v) is 6.50. The molecule has 142 valence electrons. The largest absolute Gasteiger partial charge is 0.495 e. The molecule has 3 aromatic heterocycles. The number of hydrogen-bond donors (Lipinski definition) is 1. The summed E-state index contributed by atoms with van der Waals surface area (Å²) >= 11 is 0. The topological polar surface area (TPSA) is 82.7 Å². The van der Waals surface area contributed by atoms with Crippen molar-refractivity contribution in [1.82, 2.24) is 29.3 Å². The zero-order valence-electron chi connectivity index (χ0n) is 16.2. The van der Waals surface area contributed by atoms with Gasteiger partial charge in [0.25, 0.3) is 0 Å². The summed E-state index contributed by atoms with van der Waals surface area (Å²) < 4.78 is 9.22. The van der Waals surface area contributed by atoms with Crippen LogP contribution in [-0.4, -0.2) is 36.4 Å². The average molecular weight is 375 g/mol. The highest BCUT2D eigenvalue weighted by Gasteiger charge is 2.13. The van der Waals surface area contributed by atoms with Gasteiger partial charge >= 0.3 is 0 Å². The minimum absolute atomic E-state index is 0.608. The predicted molar refractivity (Wildman–Crippen MR) is 107 cm³/mol. The van der Waals surface area contributed by atoms with Crippen LogP contribution in [0.2, 0.25) is 0 Å². The number of pyridine rings is 1. The Bertz CT molecular complexity index is 1110. The number of nitrogens with one attached hydrogen (secondary N) is 1. The van der Waals surface area contributed by atoms with E-state index in [-0.39, 0.29) is 0 Å². The average Bonchev–Trinajstić information content (AvgIpc) is 3.29. The second kappa shape index (κ2) is 7.15. The van der Waals surface area contributed by atoms with Crippen LogP contribution in [-0.2, 0) is 7.05 Å². The first-order chi connectivity index (χ1) is 13.5. The first-order valence-electron chi connectivity index (χ1n) is 8.83. The van der Waals surface area contributed by atoms with Crippen molar-refractivity contribution in [2.45, 2.75) is 13.8 Å². The molecule has 0 saturated heterocycles. The quantitative estimate of drug-likeness (QED) is 0.575. The number of hydrogen-bond acceptors (Lipinski definition) is 6. The molecule has 3 heterocycles. The van der Waals surface area contributed by atoms with Gasteiger partial charge in [0.15, 0.2) is 5.82 Å². The summed E-state index contributed by atoms with van der Waals surface area (Å²) in [7, 11) is 3.50. The van der Waals surface area contributed by atoms with Gasteiger partial charge in [0.1, 0.15) is 5.75 Å². The Hall–Kier alpha value is -3.68. The van der Waals surface area contributed by atoms with E-state index in [2.05, 4.69) is 25.4 Å². The summed E-state index contributed by atoms with van der Waals surface area (Å²) in [6.45, 7) is 3.90. The van der Waals surface area contributed by atoms with E-state index < -0.39 is 0 Å². The number of aromatic nitrogens is 6. The fraction of sp³-hybridized carbons (Fsp3) is 0.200. The SMILES string of the molecule is COc1cc(-c2nc(Nc3ccc(C)nc3)n(C)n2)ccc1-n1cnc(C)c1. The van der Waals surface area contributed by atoms with E-state index in [0.717, 1.165) is 34.1 Å². The van der Waals surface area contributed by atoms with Gasteiger partial charge in [-0.15, -0.1) is 5.10 Å². The van der Waals surface area contributed by atoms with Crippen LogP contribution in [0.25, 0.3) is 17.1 Å². The highest BCUT2D eigenvalue weighted by Crippen LogP contribution is 2.29. The van der Waals surface area contributed by atoms with Gasteiger partial charge in [0.05, 0.1) is 36.7 Å². The maximum atomic E-state index is 5.58. The molecule has 0 fully saturated rings. The van der Waals surface area contributed by atoms with Crippen molar-refractivity contribution >= 4 is 11.6 Å². The van der Waals surface area contributed by atoms with E-state index in [1.807, 2.05) is 62.0 Å². The summed E-state index contributed by atoms with van der Waals surface area (Å²) in [5.74, 6) is 1.96. The molecule has 0 aliphatic heterocycles. The third-order valence-electron chi connectivity index (χ3n) is 4.36. The molecule has 0 saturated carbocycles. The Labute approximate surface area is 162 Å². The molecule has 28 heavy (non-hydrogen) atoms. The molecule has 0 aliphatic rings. The fourth-order valence-electron chi connectivity index (χ4n) is 2.87. The Morgan fingerprint density at radius 3 is 2.57 bits per heavy atom. The molecule has 0 aliphatic carbocycles. The molecule has 0 atom stereocenters. The number of rotatable bonds is 5. The zero-order chi connectivity index (χ0) is 19.7. The third kappa shape index (κ3) is 3.44. The zero-order valence-corrected chi connectivity index (χ0v) is 16.2. The van der Waals surface area contributed by atoms with Gasteiger partial charge in [-0.25, -0.2) is 9.67 Å². The maximum Gasteiger partial charge on any atom is 0.226 e. The Kier molecular flexibility index (Phi) is 4.52. The number of ether oxygens (including phenoxy) is 1. The molecule has 8 heteroatoms. The van der Waals surface area contributed by atoms with Crippen LogP contribution in [0.15, 0.2) is 49.1 Å². The minimum Gasteiger partial charge on any atom is -0.495 e. The number of methoxy groups -OCH3 is 1. The molecule has 0 unspecified atom stereocenters. The molecule has 1 aromatic carbocycles. The highest BCUT2D eigenvalue weighted by molar-refractivity contribution is 5.64. The van der Waals surface area contributed by atoms with Gasteiger partial charge in [0, 0.05) is 24.5 Å². The predicted octanol–water partition coefficient (Wildman–Crippen LogP) is 3.43. The van der Waals surface area contributed by atoms with Crippen molar-refractivity contribution < 1.29 is 4.74 Å². The van der Waals surface area contributed by atoms with Crippen molar-refractivity contribution in [2.24, 2.45) is 7.05 Å². The molecule has 8 nitrogen and oxygen atoms in total. The van der Waals surface area contributed by atoms with Gasteiger partial charge in [-0.3, -0.25) is 4.98 Å². The smallest absolute Gasteiger partial charge is 0.226 e. The normalized spacial score (nSPS) is 10.9. The lowest BCUT2D eigenvalue weighted by molar-refractivity contribution is 0.413. The molecule has 0 amide bonds. The summed E-state index contributed by atoms with van der Waals surface area (Å²) in [4.78, 5) is 13.2. The van der Waals surface area contributed by atoms with Crippen LogP contribution in [0.3, 0.4) is 0 Å². The van der Waals surface area contributed by atoms with Crippen LogP contribution in [0.1, 0.15) is 11.4 Å². The number of imidazole rings is 1. The summed E-state index contributed by atoms with van der Waals surface area (Å²) in [6, 6.07) is 9.78. The van der Waals surface area contributed by atoms with Crippen molar-refractivity contribution in [3.63, 3.8) is 0 Å². The first kappa shape index (κ1) is 17.7. The van der Waals surface area contributed by atoms with Gasteiger partial charge in [0.2, 0.25) is 5.95 Å². The fourth-order valence-corrected chi connectivity index (χ4v) is 2.87. The first-order valence-corrected chi connectivity index (χ1v) is 8.83. The van der Waals surface area contributed by atoms with E-state index in [1.54, 1.807) is 24.3 Å². The molecule has 0 radical (unpaired) electrons. The van der Waals surface area contributed by atoms with Crippen molar-refractivity contribution in [3.05, 3.63) is 60.4 Å². The Morgan fingerprint density at radius 2 is 1.89 bits per heavy atom. The number of nitrogens with zero attached hydrogens (tertiary/aromatic N) is 6. The van der Waals surface area contributed by atoms with Gasteiger partial charge in [-0.2, -0.15) is 4.98 Å². The van der Waals surface area contributed by atoms with Crippen molar-refractivity contribution in [2.75, 3.05) is 12.4 Å². The maximum absolute atomic E-state index is 5.58. The van der Waals surface area contributed by atoms with E-state index in [9.17, 15) is 0 Å². The van der Waals surface area contributed by atoms with Gasteiger partial charge < -0.3 is 14.6 Å². The van der Waals surface area contributed by atoms with E-state index in [1.165, 1.54) is 0 Å². The number of benzene rings is 1. The number of anilines is 2. The van der Waals surface area contributed by atoms with Crippen LogP contribution >= 0.6 is 0 Å². The number of aryl methyl sites for hydroxylation is 3. The lowest BCUT2D eigenvalue weighted by atomic mass is 10.1. The third-order valence-corrected chi connectivity index (χ3v) is 4.36. The standard InChI is InChI=1S/C20H21N7O/c1-13-5-7-16(10-21-13)23-20-24-19(25-26(20)3)15-6-8-17(18(9-15)28-4)27-11-14(2)22-12-27/h5-12H,1-4H3,(H,23,24,25). The summed E-state index contributed by atoms with van der Waals surface area (Å²) in [5, 5.41) is 7.77. The highest BCUT2D eigenvalue weighted by atomic mass is 16.5. The van der Waals surface area contributed by atoms with Crippen molar-refractivity contribution in [1.29, 1.82) is 0 Å². The molecule has 1 N–H and O–H groups in total.